The van der Waals surface area contributed by atoms with Gasteiger partial charge in [0.15, 0.2) is 5.16 Å². The molecule has 1 amide bonds. The van der Waals surface area contributed by atoms with Crippen LogP contribution in [0.5, 0.6) is 0 Å². The van der Waals surface area contributed by atoms with E-state index >= 15 is 0 Å². The Kier molecular flexibility index (Phi) is 5.90. The molecule has 0 bridgehead atoms. The molecule has 0 saturated heterocycles. The van der Waals surface area contributed by atoms with Crippen molar-refractivity contribution < 1.29 is 4.79 Å². The van der Waals surface area contributed by atoms with Gasteiger partial charge in [0.1, 0.15) is 6.33 Å². The number of hydrogen-bond acceptors (Lipinski definition) is 4. The van der Waals surface area contributed by atoms with Crippen molar-refractivity contribution >= 4 is 45.4 Å². The van der Waals surface area contributed by atoms with Crippen molar-refractivity contribution in [2.45, 2.75) is 12.1 Å². The first-order valence-electron chi connectivity index (χ1n) is 7.86. The number of halogens is 1. The third kappa shape index (κ3) is 4.42. The van der Waals surface area contributed by atoms with Crippen molar-refractivity contribution in [2.75, 3.05) is 11.6 Å². The van der Waals surface area contributed by atoms with E-state index in [1.165, 1.54) is 17.8 Å². The van der Waals surface area contributed by atoms with E-state index < -0.39 is 0 Å². The summed E-state index contributed by atoms with van der Waals surface area (Å²) in [5, 5.41) is 11.6. The van der Waals surface area contributed by atoms with Crippen LogP contribution in [0.1, 0.15) is 11.1 Å². The SMILES string of the molecule is CSc1nncn1-c1cccc(NC(=O)C=Cc2ccc(C)cc2Br)c1. The predicted molar refractivity (Wildman–Crippen MR) is 110 cm³/mol. The van der Waals surface area contributed by atoms with Crippen molar-refractivity contribution in [3.8, 4) is 5.69 Å². The molecule has 0 atom stereocenters. The number of rotatable bonds is 5. The van der Waals surface area contributed by atoms with Gasteiger partial charge in [0.25, 0.3) is 0 Å². The fourth-order valence-electron chi connectivity index (χ4n) is 2.39. The molecule has 1 aromatic heterocycles. The molecule has 3 rings (SSSR count). The number of benzene rings is 2. The highest BCUT2D eigenvalue weighted by molar-refractivity contribution is 9.10. The van der Waals surface area contributed by atoms with Gasteiger partial charge in [-0.2, -0.15) is 0 Å². The highest BCUT2D eigenvalue weighted by Gasteiger charge is 2.06. The second kappa shape index (κ2) is 8.33. The van der Waals surface area contributed by atoms with E-state index in [0.717, 1.165) is 26.4 Å². The van der Waals surface area contributed by atoms with Crippen molar-refractivity contribution in [3.05, 3.63) is 70.5 Å². The Morgan fingerprint density at radius 3 is 2.88 bits per heavy atom. The maximum atomic E-state index is 12.2. The molecule has 132 valence electrons. The van der Waals surface area contributed by atoms with Gasteiger partial charge in [-0.1, -0.05) is 45.9 Å². The van der Waals surface area contributed by atoms with Crippen LogP contribution < -0.4 is 5.32 Å². The molecule has 0 spiro atoms. The zero-order valence-electron chi connectivity index (χ0n) is 14.3. The Bertz CT molecular complexity index is 968. The lowest BCUT2D eigenvalue weighted by Crippen LogP contribution is -2.08. The zero-order valence-corrected chi connectivity index (χ0v) is 16.7. The normalized spacial score (nSPS) is 11.0. The van der Waals surface area contributed by atoms with Gasteiger partial charge in [0.2, 0.25) is 5.91 Å². The summed E-state index contributed by atoms with van der Waals surface area (Å²) in [7, 11) is 0. The van der Waals surface area contributed by atoms with Gasteiger partial charge in [-0.05, 0) is 54.6 Å². The maximum absolute atomic E-state index is 12.2. The largest absolute Gasteiger partial charge is 0.322 e. The number of amides is 1. The van der Waals surface area contributed by atoms with Crippen LogP contribution in [-0.4, -0.2) is 26.9 Å². The summed E-state index contributed by atoms with van der Waals surface area (Å²) in [6.45, 7) is 2.02. The first-order chi connectivity index (χ1) is 12.6. The van der Waals surface area contributed by atoms with Crippen molar-refractivity contribution in [1.82, 2.24) is 14.8 Å². The first kappa shape index (κ1) is 18.4. The average molecular weight is 429 g/mol. The highest BCUT2D eigenvalue weighted by atomic mass is 79.9. The van der Waals surface area contributed by atoms with E-state index in [4.69, 9.17) is 0 Å². The van der Waals surface area contributed by atoms with Gasteiger partial charge in [0.05, 0.1) is 5.69 Å². The number of anilines is 1. The number of carbonyl (C=O) groups is 1. The molecule has 0 saturated carbocycles. The summed E-state index contributed by atoms with van der Waals surface area (Å²) >= 11 is 5.02. The van der Waals surface area contributed by atoms with Crippen LogP contribution in [0.15, 0.2) is 64.5 Å². The molecule has 26 heavy (non-hydrogen) atoms. The molecule has 3 aromatic rings. The maximum Gasteiger partial charge on any atom is 0.248 e. The fourth-order valence-corrected chi connectivity index (χ4v) is 3.49. The summed E-state index contributed by atoms with van der Waals surface area (Å²) in [5.74, 6) is -0.191. The Morgan fingerprint density at radius 1 is 1.27 bits per heavy atom. The summed E-state index contributed by atoms with van der Waals surface area (Å²) < 4.78 is 2.83. The molecule has 5 nitrogen and oxygen atoms in total. The molecular weight excluding hydrogens is 412 g/mol. The second-order valence-corrected chi connectivity index (χ2v) is 7.21. The van der Waals surface area contributed by atoms with Crippen LogP contribution in [0.2, 0.25) is 0 Å². The highest BCUT2D eigenvalue weighted by Crippen LogP contribution is 2.21. The molecule has 0 aliphatic rings. The zero-order chi connectivity index (χ0) is 18.5. The van der Waals surface area contributed by atoms with Crippen LogP contribution in [0.3, 0.4) is 0 Å². The standard InChI is InChI=1S/C19H17BrN4OS/c1-13-6-7-14(17(20)10-13)8-9-18(25)22-15-4-3-5-16(11-15)24-12-21-23-19(24)26-2/h3-12H,1-2H3,(H,22,25). The Hall–Kier alpha value is -2.38. The summed E-state index contributed by atoms with van der Waals surface area (Å²) in [5.41, 5.74) is 3.71. The molecule has 0 aliphatic carbocycles. The first-order valence-corrected chi connectivity index (χ1v) is 9.88. The van der Waals surface area contributed by atoms with E-state index in [1.54, 1.807) is 12.4 Å². The van der Waals surface area contributed by atoms with Crippen LogP contribution in [0, 0.1) is 6.92 Å². The number of aromatic nitrogens is 3. The van der Waals surface area contributed by atoms with E-state index in [1.807, 2.05) is 60.2 Å². The lowest BCUT2D eigenvalue weighted by atomic mass is 10.1. The molecule has 0 unspecified atom stereocenters. The molecule has 2 aromatic carbocycles. The summed E-state index contributed by atoms with van der Waals surface area (Å²) in [6.07, 6.45) is 6.91. The Labute approximate surface area is 164 Å². The van der Waals surface area contributed by atoms with Crippen molar-refractivity contribution in [3.63, 3.8) is 0 Å². The van der Waals surface area contributed by atoms with E-state index in [-0.39, 0.29) is 5.91 Å². The van der Waals surface area contributed by atoms with E-state index in [2.05, 4.69) is 31.4 Å². The van der Waals surface area contributed by atoms with Gasteiger partial charge >= 0.3 is 0 Å². The van der Waals surface area contributed by atoms with Crippen LogP contribution >= 0.6 is 27.7 Å². The van der Waals surface area contributed by atoms with Gasteiger partial charge in [0, 0.05) is 16.2 Å². The molecule has 0 fully saturated rings. The lowest BCUT2D eigenvalue weighted by Gasteiger charge is -2.08. The van der Waals surface area contributed by atoms with E-state index in [0.29, 0.717) is 5.69 Å². The summed E-state index contributed by atoms with van der Waals surface area (Å²) in [6, 6.07) is 13.6. The molecule has 1 N–H and O–H groups in total. The smallest absolute Gasteiger partial charge is 0.248 e. The number of nitrogens with one attached hydrogen (secondary N) is 1. The molecule has 0 radical (unpaired) electrons. The topological polar surface area (TPSA) is 59.8 Å². The number of hydrogen-bond donors (Lipinski definition) is 1. The third-order valence-corrected chi connectivity index (χ3v) is 4.99. The van der Waals surface area contributed by atoms with Crippen molar-refractivity contribution in [2.24, 2.45) is 0 Å². The van der Waals surface area contributed by atoms with Gasteiger partial charge in [-0.3, -0.25) is 9.36 Å². The van der Waals surface area contributed by atoms with Crippen LogP contribution in [0.4, 0.5) is 5.69 Å². The van der Waals surface area contributed by atoms with Crippen LogP contribution in [-0.2, 0) is 4.79 Å². The molecule has 0 aliphatic heterocycles. The van der Waals surface area contributed by atoms with Crippen molar-refractivity contribution in [1.29, 1.82) is 0 Å². The number of nitrogens with zero attached hydrogens (tertiary/aromatic N) is 3. The third-order valence-electron chi connectivity index (χ3n) is 3.66. The summed E-state index contributed by atoms with van der Waals surface area (Å²) in [4.78, 5) is 12.2. The van der Waals surface area contributed by atoms with Gasteiger partial charge in [-0.15, -0.1) is 10.2 Å². The number of carbonyl (C=O) groups excluding carboxylic acids is 1. The number of thioether (sulfide) groups is 1. The quantitative estimate of drug-likeness (QED) is 0.471. The minimum atomic E-state index is -0.191. The predicted octanol–water partition coefficient (Wildman–Crippen LogP) is 4.71. The van der Waals surface area contributed by atoms with Crippen LogP contribution in [0.25, 0.3) is 11.8 Å². The fraction of sp³-hybridized carbons (Fsp3) is 0.105. The van der Waals surface area contributed by atoms with Gasteiger partial charge in [-0.25, -0.2) is 0 Å². The number of aryl methyl sites for hydroxylation is 1. The molecule has 1 heterocycles. The monoisotopic (exact) mass is 428 g/mol. The minimum absolute atomic E-state index is 0.191. The lowest BCUT2D eigenvalue weighted by molar-refractivity contribution is -0.111. The Balaban J connectivity index is 1.73. The molecular formula is C19H17BrN4OS. The van der Waals surface area contributed by atoms with Gasteiger partial charge < -0.3 is 5.32 Å². The molecule has 7 heteroatoms. The second-order valence-electron chi connectivity index (χ2n) is 5.59. The average Bonchev–Trinajstić information content (AvgIpc) is 3.10. The Morgan fingerprint density at radius 2 is 2.12 bits per heavy atom. The minimum Gasteiger partial charge on any atom is -0.322 e. The van der Waals surface area contributed by atoms with E-state index in [9.17, 15) is 4.79 Å².